The number of fused-ring (bicyclic) bond motifs is 1. The molecule has 0 bridgehead atoms. The molecule has 4 N–H and O–H groups in total. The maximum absolute atomic E-state index is 12.3. The van der Waals surface area contributed by atoms with Crippen molar-refractivity contribution < 1.29 is 13.2 Å². The summed E-state index contributed by atoms with van der Waals surface area (Å²) in [7, 11) is -3.87. The zero-order valence-corrected chi connectivity index (χ0v) is 15.0. The number of primary sulfonamides is 1. The third-order valence-corrected chi connectivity index (χ3v) is 5.41. The van der Waals surface area contributed by atoms with Gasteiger partial charge in [-0.2, -0.15) is 0 Å². The van der Waals surface area contributed by atoms with Crippen LogP contribution in [0.5, 0.6) is 0 Å². The number of hydrogen-bond donors (Lipinski definition) is 3. The van der Waals surface area contributed by atoms with Crippen molar-refractivity contribution in [3.05, 3.63) is 58.1 Å². The first-order valence-electron chi connectivity index (χ1n) is 7.77. The first-order chi connectivity index (χ1) is 11.8. The minimum atomic E-state index is -3.87. The summed E-state index contributed by atoms with van der Waals surface area (Å²) in [6.45, 7) is 1.22. The van der Waals surface area contributed by atoms with E-state index in [1.165, 1.54) is 6.07 Å². The zero-order valence-electron chi connectivity index (χ0n) is 13.4. The number of benzene rings is 2. The lowest BCUT2D eigenvalue weighted by atomic mass is 10.00. The predicted octanol–water partition coefficient (Wildman–Crippen LogP) is 1.81. The molecule has 2 aromatic rings. The number of carbonyl (C=O) groups excluding carboxylic acids is 1. The van der Waals surface area contributed by atoms with Gasteiger partial charge < -0.3 is 10.6 Å². The molecule has 0 aromatic heterocycles. The van der Waals surface area contributed by atoms with Crippen molar-refractivity contribution in [3.63, 3.8) is 0 Å². The van der Waals surface area contributed by atoms with Crippen molar-refractivity contribution in [2.45, 2.75) is 24.3 Å². The minimum absolute atomic E-state index is 0.0690. The van der Waals surface area contributed by atoms with E-state index in [0.717, 1.165) is 5.56 Å². The number of amides is 1. The zero-order chi connectivity index (χ0) is 18.0. The number of nitrogens with two attached hydrogens (primary N) is 1. The fraction of sp³-hybridized carbons (Fsp3) is 0.235. The smallest absolute Gasteiger partial charge is 0.238 e. The van der Waals surface area contributed by atoms with Crippen molar-refractivity contribution in [2.24, 2.45) is 5.14 Å². The molecule has 2 aromatic carbocycles. The molecule has 0 radical (unpaired) electrons. The number of rotatable bonds is 4. The topological polar surface area (TPSA) is 101 Å². The number of sulfonamides is 1. The van der Waals surface area contributed by atoms with E-state index in [1.54, 1.807) is 30.3 Å². The first-order valence-corrected chi connectivity index (χ1v) is 9.69. The van der Waals surface area contributed by atoms with Crippen LogP contribution in [-0.4, -0.2) is 20.9 Å². The molecule has 25 heavy (non-hydrogen) atoms. The largest absolute Gasteiger partial charge is 0.326 e. The molecule has 1 amide bonds. The van der Waals surface area contributed by atoms with Crippen LogP contribution in [0, 0.1) is 0 Å². The number of anilines is 1. The van der Waals surface area contributed by atoms with E-state index >= 15 is 0 Å². The molecule has 6 nitrogen and oxygen atoms in total. The quantitative estimate of drug-likeness (QED) is 0.754. The Balaban J connectivity index is 1.88. The van der Waals surface area contributed by atoms with Gasteiger partial charge in [0.05, 0.1) is 11.3 Å². The summed E-state index contributed by atoms with van der Waals surface area (Å²) in [5.41, 5.74) is 2.65. The lowest BCUT2D eigenvalue weighted by Gasteiger charge is -2.21. The highest BCUT2D eigenvalue weighted by Gasteiger charge is 2.21. The van der Waals surface area contributed by atoms with Crippen molar-refractivity contribution in [1.29, 1.82) is 0 Å². The van der Waals surface area contributed by atoms with Crippen LogP contribution < -0.4 is 15.8 Å². The summed E-state index contributed by atoms with van der Waals surface area (Å²) in [6.07, 6.45) is 0.675. The van der Waals surface area contributed by atoms with Gasteiger partial charge in [-0.15, -0.1) is 0 Å². The van der Waals surface area contributed by atoms with Crippen LogP contribution in [0.4, 0.5) is 5.69 Å². The van der Waals surface area contributed by atoms with Crippen LogP contribution in [0.25, 0.3) is 0 Å². The Bertz CT molecular complexity index is 929. The number of carbonyl (C=O) groups is 1. The molecular formula is C17H18ClN3O3S. The molecule has 0 spiro atoms. The Labute approximate surface area is 151 Å². The number of nitrogens with one attached hydrogen (secondary N) is 2. The van der Waals surface area contributed by atoms with E-state index in [-0.39, 0.29) is 17.2 Å². The summed E-state index contributed by atoms with van der Waals surface area (Å²) in [5, 5.41) is 11.8. The van der Waals surface area contributed by atoms with Crippen LogP contribution >= 0.6 is 11.6 Å². The van der Waals surface area contributed by atoms with Gasteiger partial charge in [-0.1, -0.05) is 29.8 Å². The Kier molecular flexibility index (Phi) is 5.10. The third kappa shape index (κ3) is 4.19. The molecule has 8 heteroatoms. The lowest BCUT2D eigenvalue weighted by molar-refractivity contribution is -0.115. The van der Waals surface area contributed by atoms with Gasteiger partial charge in [-0.25, -0.2) is 13.6 Å². The van der Waals surface area contributed by atoms with Gasteiger partial charge in [0.15, 0.2) is 0 Å². The van der Waals surface area contributed by atoms with Gasteiger partial charge in [0, 0.05) is 17.3 Å². The monoisotopic (exact) mass is 379 g/mol. The van der Waals surface area contributed by atoms with Gasteiger partial charge in [0.25, 0.3) is 0 Å². The maximum atomic E-state index is 12.3. The fourth-order valence-corrected chi connectivity index (χ4v) is 4.00. The second-order valence-corrected chi connectivity index (χ2v) is 7.84. The Hall–Kier alpha value is -1.93. The summed E-state index contributed by atoms with van der Waals surface area (Å²) in [6, 6.07) is 10.3. The average molecular weight is 380 g/mol. The van der Waals surface area contributed by atoms with Gasteiger partial charge >= 0.3 is 0 Å². The van der Waals surface area contributed by atoms with Crippen molar-refractivity contribution >= 4 is 33.2 Å². The summed E-state index contributed by atoms with van der Waals surface area (Å²) in [5.74, 6) is -0.280. The molecule has 132 valence electrons. The van der Waals surface area contributed by atoms with E-state index < -0.39 is 10.0 Å². The molecule has 0 fully saturated rings. The summed E-state index contributed by atoms with van der Waals surface area (Å²) in [4.78, 5) is 12.4. The second kappa shape index (κ2) is 7.13. The van der Waals surface area contributed by atoms with Crippen molar-refractivity contribution in [3.8, 4) is 0 Å². The Morgan fingerprint density at radius 3 is 2.76 bits per heavy atom. The highest BCUT2D eigenvalue weighted by molar-refractivity contribution is 7.89. The molecule has 0 aliphatic carbocycles. The van der Waals surface area contributed by atoms with Crippen molar-refractivity contribution in [1.82, 2.24) is 5.32 Å². The Morgan fingerprint density at radius 1 is 1.28 bits per heavy atom. The van der Waals surface area contributed by atoms with E-state index in [9.17, 15) is 13.2 Å². The molecule has 1 heterocycles. The highest BCUT2D eigenvalue weighted by atomic mass is 35.5. The summed E-state index contributed by atoms with van der Waals surface area (Å²) >= 11 is 6.07. The maximum Gasteiger partial charge on any atom is 0.238 e. The minimum Gasteiger partial charge on any atom is -0.326 e. The molecule has 0 atom stereocenters. The summed E-state index contributed by atoms with van der Waals surface area (Å²) < 4.78 is 23.8. The van der Waals surface area contributed by atoms with E-state index in [0.29, 0.717) is 41.3 Å². The van der Waals surface area contributed by atoms with Crippen molar-refractivity contribution in [2.75, 3.05) is 11.9 Å². The average Bonchev–Trinajstić information content (AvgIpc) is 2.55. The molecule has 0 saturated heterocycles. The molecule has 1 aliphatic heterocycles. The Morgan fingerprint density at radius 2 is 2.04 bits per heavy atom. The van der Waals surface area contributed by atoms with Crippen LogP contribution in [0.3, 0.4) is 0 Å². The van der Waals surface area contributed by atoms with Crippen LogP contribution in [-0.2, 0) is 34.2 Å². The third-order valence-electron chi connectivity index (χ3n) is 4.07. The fourth-order valence-electron chi connectivity index (χ4n) is 2.93. The van der Waals surface area contributed by atoms with E-state index in [2.05, 4.69) is 10.6 Å². The normalized spacial score (nSPS) is 14.0. The van der Waals surface area contributed by atoms with Gasteiger partial charge in [-0.05, 0) is 47.9 Å². The lowest BCUT2D eigenvalue weighted by Crippen LogP contribution is -2.27. The predicted molar refractivity (Wildman–Crippen MR) is 97.0 cm³/mol. The molecule has 3 rings (SSSR count). The van der Waals surface area contributed by atoms with E-state index in [4.69, 9.17) is 16.7 Å². The van der Waals surface area contributed by atoms with E-state index in [1.807, 2.05) is 0 Å². The molecule has 1 aliphatic rings. The van der Waals surface area contributed by atoms with Crippen LogP contribution in [0.2, 0.25) is 5.02 Å². The standard InChI is InChI=1S/C17H18ClN3O3S/c18-15-4-2-1-3-11(15)8-17(22)21-13-7-12-10-20-6-5-14(12)16(9-13)25(19,23)24/h1-4,7,9,20H,5-6,8,10H2,(H,21,22)(H2,19,23,24). The van der Waals surface area contributed by atoms with Crippen LogP contribution in [0.15, 0.2) is 41.3 Å². The SMILES string of the molecule is NS(=O)(=O)c1cc(NC(=O)Cc2ccccc2Cl)cc2c1CCNC2. The highest BCUT2D eigenvalue weighted by Crippen LogP contribution is 2.27. The number of halogens is 1. The molecule has 0 unspecified atom stereocenters. The van der Waals surface area contributed by atoms with Gasteiger partial charge in [0.1, 0.15) is 0 Å². The molecule has 0 saturated carbocycles. The molecular weight excluding hydrogens is 362 g/mol. The van der Waals surface area contributed by atoms with Gasteiger partial charge in [-0.3, -0.25) is 4.79 Å². The van der Waals surface area contributed by atoms with Crippen LogP contribution in [0.1, 0.15) is 16.7 Å². The second-order valence-electron chi connectivity index (χ2n) is 5.90. The number of hydrogen-bond acceptors (Lipinski definition) is 4. The van der Waals surface area contributed by atoms with Gasteiger partial charge in [0.2, 0.25) is 15.9 Å². The first kappa shape index (κ1) is 17.9.